The Balaban J connectivity index is 2.31. The quantitative estimate of drug-likeness (QED) is 0.869. The Bertz CT molecular complexity index is 645. The van der Waals surface area contributed by atoms with E-state index in [1.807, 2.05) is 0 Å². The van der Waals surface area contributed by atoms with Gasteiger partial charge in [0.15, 0.2) is 5.78 Å². The van der Waals surface area contributed by atoms with Crippen LogP contribution in [-0.2, 0) is 6.18 Å². The van der Waals surface area contributed by atoms with Crippen molar-refractivity contribution in [3.05, 3.63) is 70.8 Å². The lowest BCUT2D eigenvalue weighted by Crippen LogP contribution is -2.07. The predicted octanol–water partition coefficient (Wildman–Crippen LogP) is 3.99. The predicted molar refractivity (Wildman–Crippen MR) is 72.0 cm³/mol. The average Bonchev–Trinajstić information content (AvgIpc) is 2.46. The van der Waals surface area contributed by atoms with Crippen LogP contribution >= 0.6 is 0 Å². The topological polar surface area (TPSA) is 37.3 Å². The number of ketones is 1. The van der Waals surface area contributed by atoms with Gasteiger partial charge < -0.3 is 5.11 Å². The second kappa shape index (κ2) is 5.69. The normalized spacial score (nSPS) is 13.0. The van der Waals surface area contributed by atoms with E-state index in [1.54, 1.807) is 0 Å². The molecule has 0 aromatic heterocycles. The van der Waals surface area contributed by atoms with E-state index in [0.29, 0.717) is 11.1 Å². The maximum Gasteiger partial charge on any atom is 0.416 e. The van der Waals surface area contributed by atoms with Crippen LogP contribution in [0.2, 0.25) is 0 Å². The van der Waals surface area contributed by atoms with E-state index >= 15 is 0 Å². The van der Waals surface area contributed by atoms with Crippen LogP contribution in [0.25, 0.3) is 0 Å². The lowest BCUT2D eigenvalue weighted by molar-refractivity contribution is -0.137. The van der Waals surface area contributed by atoms with Crippen molar-refractivity contribution in [2.24, 2.45) is 0 Å². The summed E-state index contributed by atoms with van der Waals surface area (Å²) in [5.41, 5.74) is 0.258. The number of benzene rings is 2. The number of aliphatic hydroxyl groups excluding tert-OH is 1. The minimum absolute atomic E-state index is 0.116. The highest BCUT2D eigenvalue weighted by Gasteiger charge is 2.30. The van der Waals surface area contributed by atoms with E-state index < -0.39 is 17.8 Å². The Kier molecular flexibility index (Phi) is 4.14. The number of rotatable bonds is 3. The number of halogens is 3. The fourth-order valence-corrected chi connectivity index (χ4v) is 1.98. The largest absolute Gasteiger partial charge is 0.416 e. The Morgan fingerprint density at radius 3 is 2.19 bits per heavy atom. The van der Waals surface area contributed by atoms with Crippen molar-refractivity contribution in [2.45, 2.75) is 19.2 Å². The molecule has 110 valence electrons. The van der Waals surface area contributed by atoms with Gasteiger partial charge in [-0.3, -0.25) is 4.79 Å². The van der Waals surface area contributed by atoms with E-state index in [2.05, 4.69) is 0 Å². The summed E-state index contributed by atoms with van der Waals surface area (Å²) in [6, 6.07) is 10.7. The Morgan fingerprint density at radius 2 is 1.67 bits per heavy atom. The molecule has 0 radical (unpaired) electrons. The Labute approximate surface area is 119 Å². The van der Waals surface area contributed by atoms with Crippen LogP contribution in [0.15, 0.2) is 48.5 Å². The molecule has 2 aromatic rings. The van der Waals surface area contributed by atoms with Gasteiger partial charge >= 0.3 is 6.18 Å². The lowest BCUT2D eigenvalue weighted by Gasteiger charge is -2.14. The van der Waals surface area contributed by atoms with Crippen molar-refractivity contribution in [3.8, 4) is 0 Å². The summed E-state index contributed by atoms with van der Waals surface area (Å²) < 4.78 is 38.0. The van der Waals surface area contributed by atoms with E-state index in [4.69, 9.17) is 0 Å². The van der Waals surface area contributed by atoms with Crippen LogP contribution in [0.5, 0.6) is 0 Å². The maximum atomic E-state index is 12.7. The molecular formula is C16H13F3O2. The summed E-state index contributed by atoms with van der Waals surface area (Å²) in [7, 11) is 0. The smallest absolute Gasteiger partial charge is 0.384 e. The highest BCUT2D eigenvalue weighted by Crippen LogP contribution is 2.32. The summed E-state index contributed by atoms with van der Waals surface area (Å²) in [5.74, 6) is -0.116. The van der Waals surface area contributed by atoms with Gasteiger partial charge in [0.2, 0.25) is 0 Å². The number of alkyl halides is 3. The third-order valence-electron chi connectivity index (χ3n) is 3.16. The Hall–Kier alpha value is -2.14. The average molecular weight is 294 g/mol. The van der Waals surface area contributed by atoms with E-state index in [1.165, 1.54) is 43.3 Å². The number of hydrogen-bond donors (Lipinski definition) is 1. The first-order valence-corrected chi connectivity index (χ1v) is 6.25. The van der Waals surface area contributed by atoms with Gasteiger partial charge in [0.25, 0.3) is 0 Å². The first-order chi connectivity index (χ1) is 9.79. The molecule has 0 amide bonds. The number of Topliss-reactive ketones (excluding diaryl/α,β-unsaturated/α-hetero) is 1. The first kappa shape index (κ1) is 15.3. The number of aliphatic hydroxyl groups is 1. The fourth-order valence-electron chi connectivity index (χ4n) is 1.98. The second-order valence-corrected chi connectivity index (χ2v) is 4.70. The maximum absolute atomic E-state index is 12.7. The molecule has 1 N–H and O–H groups in total. The van der Waals surface area contributed by atoms with E-state index in [0.717, 1.165) is 12.1 Å². The number of hydrogen-bond acceptors (Lipinski definition) is 2. The molecule has 2 nitrogen and oxygen atoms in total. The van der Waals surface area contributed by atoms with Crippen molar-refractivity contribution in [1.82, 2.24) is 0 Å². The molecular weight excluding hydrogens is 281 g/mol. The van der Waals surface area contributed by atoms with Crippen LogP contribution in [-0.4, -0.2) is 10.9 Å². The molecule has 5 heteroatoms. The summed E-state index contributed by atoms with van der Waals surface area (Å²) in [6.45, 7) is 1.41. The summed E-state index contributed by atoms with van der Waals surface area (Å²) >= 11 is 0. The van der Waals surface area contributed by atoms with Crippen molar-refractivity contribution in [2.75, 3.05) is 0 Å². The molecule has 0 spiro atoms. The van der Waals surface area contributed by atoms with Crippen LogP contribution in [0, 0.1) is 0 Å². The highest BCUT2D eigenvalue weighted by molar-refractivity contribution is 5.94. The van der Waals surface area contributed by atoms with Crippen LogP contribution in [0.1, 0.15) is 40.1 Å². The molecule has 0 aliphatic heterocycles. The van der Waals surface area contributed by atoms with Gasteiger partial charge in [-0.05, 0) is 30.2 Å². The van der Waals surface area contributed by atoms with Gasteiger partial charge in [-0.2, -0.15) is 13.2 Å². The van der Waals surface area contributed by atoms with Crippen molar-refractivity contribution < 1.29 is 23.1 Å². The minimum Gasteiger partial charge on any atom is -0.384 e. The van der Waals surface area contributed by atoms with Gasteiger partial charge in [0.05, 0.1) is 5.56 Å². The van der Waals surface area contributed by atoms with Crippen molar-refractivity contribution in [3.63, 3.8) is 0 Å². The molecule has 1 atom stereocenters. The number of carbonyl (C=O) groups excluding carboxylic acids is 1. The van der Waals surface area contributed by atoms with Crippen LogP contribution < -0.4 is 0 Å². The van der Waals surface area contributed by atoms with E-state index in [9.17, 15) is 23.1 Å². The molecule has 0 heterocycles. The molecule has 21 heavy (non-hydrogen) atoms. The molecule has 1 unspecified atom stereocenters. The second-order valence-electron chi connectivity index (χ2n) is 4.70. The van der Waals surface area contributed by atoms with Crippen LogP contribution in [0.4, 0.5) is 13.2 Å². The van der Waals surface area contributed by atoms with E-state index in [-0.39, 0.29) is 11.3 Å². The molecule has 2 rings (SSSR count). The lowest BCUT2D eigenvalue weighted by atomic mass is 9.98. The molecule has 2 aromatic carbocycles. The zero-order valence-electron chi connectivity index (χ0n) is 11.2. The number of carbonyl (C=O) groups is 1. The Morgan fingerprint density at radius 1 is 1.05 bits per heavy atom. The van der Waals surface area contributed by atoms with Gasteiger partial charge in [0.1, 0.15) is 6.10 Å². The van der Waals surface area contributed by atoms with Crippen molar-refractivity contribution in [1.29, 1.82) is 0 Å². The molecule has 0 bridgehead atoms. The summed E-state index contributed by atoms with van der Waals surface area (Å²) in [4.78, 5) is 11.2. The van der Waals surface area contributed by atoms with Gasteiger partial charge in [-0.1, -0.05) is 36.4 Å². The molecule has 0 saturated heterocycles. The third kappa shape index (κ3) is 3.49. The van der Waals surface area contributed by atoms with Gasteiger partial charge in [0, 0.05) is 5.56 Å². The molecule has 0 fully saturated rings. The van der Waals surface area contributed by atoms with Crippen LogP contribution in [0.3, 0.4) is 0 Å². The summed E-state index contributed by atoms with van der Waals surface area (Å²) in [5, 5.41) is 10.2. The summed E-state index contributed by atoms with van der Waals surface area (Å²) in [6.07, 6.45) is -5.62. The minimum atomic E-state index is -4.45. The van der Waals surface area contributed by atoms with Gasteiger partial charge in [-0.25, -0.2) is 0 Å². The zero-order valence-corrected chi connectivity index (χ0v) is 11.2. The monoisotopic (exact) mass is 294 g/mol. The molecule has 0 aliphatic carbocycles. The van der Waals surface area contributed by atoms with Gasteiger partial charge in [-0.15, -0.1) is 0 Å². The SMILES string of the molecule is CC(=O)c1ccc(C(O)c2cccc(C(F)(F)F)c2)cc1. The highest BCUT2D eigenvalue weighted by atomic mass is 19.4. The fraction of sp³-hybridized carbons (Fsp3) is 0.188. The third-order valence-corrected chi connectivity index (χ3v) is 3.16. The molecule has 0 saturated carbocycles. The zero-order chi connectivity index (χ0) is 15.6. The molecule has 0 aliphatic rings. The first-order valence-electron chi connectivity index (χ1n) is 6.25. The van der Waals surface area contributed by atoms with Crippen molar-refractivity contribution >= 4 is 5.78 Å². The standard InChI is InChI=1S/C16H13F3O2/c1-10(20)11-5-7-12(8-6-11)15(21)13-3-2-4-14(9-13)16(17,18)19/h2-9,15,21H,1H3.